The third-order valence-electron chi connectivity index (χ3n) is 2.97. The summed E-state index contributed by atoms with van der Waals surface area (Å²) in [5, 5.41) is 9.02. The Kier molecular flexibility index (Phi) is 3.38. The van der Waals surface area contributed by atoms with Gasteiger partial charge in [-0.05, 0) is 23.6 Å². The Labute approximate surface area is 97.7 Å². The third-order valence-corrected chi connectivity index (χ3v) is 2.97. The minimum Gasteiger partial charge on any atom is -0.478 e. The van der Waals surface area contributed by atoms with E-state index in [4.69, 9.17) is 5.11 Å². The first-order chi connectivity index (χ1) is 8.08. The maximum Gasteiger partial charge on any atom is 0.335 e. The number of halogens is 2. The van der Waals surface area contributed by atoms with Gasteiger partial charge in [-0.15, -0.1) is 0 Å². The van der Waals surface area contributed by atoms with Crippen LogP contribution in [-0.4, -0.2) is 35.5 Å². The molecule has 0 bridgehead atoms. The average molecular weight is 241 g/mol. The molecule has 1 aliphatic rings. The van der Waals surface area contributed by atoms with E-state index >= 15 is 0 Å². The first-order valence-electron chi connectivity index (χ1n) is 5.42. The SMILES string of the molecule is O=C(O)c1cccc2c1CCN(CC(F)F)C2. The van der Waals surface area contributed by atoms with Crippen molar-refractivity contribution in [3.05, 3.63) is 34.9 Å². The third kappa shape index (κ3) is 2.61. The zero-order valence-electron chi connectivity index (χ0n) is 9.20. The normalized spacial score (nSPS) is 15.9. The molecular formula is C12H13F2NO2. The summed E-state index contributed by atoms with van der Waals surface area (Å²) < 4.78 is 24.5. The Hall–Kier alpha value is -1.49. The Morgan fingerprint density at radius 2 is 2.24 bits per heavy atom. The molecule has 5 heteroatoms. The Bertz CT molecular complexity index is 435. The van der Waals surface area contributed by atoms with Crippen LogP contribution in [0.15, 0.2) is 18.2 Å². The highest BCUT2D eigenvalue weighted by molar-refractivity contribution is 5.89. The quantitative estimate of drug-likeness (QED) is 0.880. The van der Waals surface area contributed by atoms with E-state index in [9.17, 15) is 13.6 Å². The van der Waals surface area contributed by atoms with Crippen LogP contribution in [0.5, 0.6) is 0 Å². The standard InChI is InChI=1S/C12H13F2NO2/c13-11(14)7-15-5-4-9-8(6-15)2-1-3-10(9)12(16)17/h1-3,11H,4-7H2,(H,16,17). The van der Waals surface area contributed by atoms with Gasteiger partial charge in [0.15, 0.2) is 0 Å². The number of nitrogens with zero attached hydrogens (tertiary/aromatic N) is 1. The molecule has 0 saturated heterocycles. The molecule has 1 aromatic rings. The predicted octanol–water partition coefficient (Wildman–Crippen LogP) is 2.01. The fourth-order valence-corrected chi connectivity index (χ4v) is 2.22. The number of carboxylic acids is 1. The topological polar surface area (TPSA) is 40.5 Å². The van der Waals surface area contributed by atoms with Gasteiger partial charge in [-0.2, -0.15) is 0 Å². The highest BCUT2D eigenvalue weighted by atomic mass is 19.3. The van der Waals surface area contributed by atoms with Crippen molar-refractivity contribution in [2.24, 2.45) is 0 Å². The number of aromatic carboxylic acids is 1. The van der Waals surface area contributed by atoms with Gasteiger partial charge in [0.1, 0.15) is 0 Å². The van der Waals surface area contributed by atoms with E-state index in [-0.39, 0.29) is 6.54 Å². The molecule has 0 unspecified atom stereocenters. The van der Waals surface area contributed by atoms with Crippen molar-refractivity contribution in [1.82, 2.24) is 4.90 Å². The predicted molar refractivity (Wildman–Crippen MR) is 58.4 cm³/mol. The zero-order chi connectivity index (χ0) is 12.4. The van der Waals surface area contributed by atoms with Crippen LogP contribution in [0.4, 0.5) is 8.78 Å². The van der Waals surface area contributed by atoms with E-state index in [0.29, 0.717) is 25.1 Å². The lowest BCUT2D eigenvalue weighted by atomic mass is 9.94. The lowest BCUT2D eigenvalue weighted by Crippen LogP contribution is -2.34. The molecule has 1 aromatic carbocycles. The van der Waals surface area contributed by atoms with Gasteiger partial charge >= 0.3 is 5.97 Å². The first kappa shape index (κ1) is 12.0. The molecule has 92 valence electrons. The highest BCUT2D eigenvalue weighted by Crippen LogP contribution is 2.23. The van der Waals surface area contributed by atoms with Gasteiger partial charge < -0.3 is 5.11 Å². The Morgan fingerprint density at radius 3 is 2.88 bits per heavy atom. The van der Waals surface area contributed by atoms with Gasteiger partial charge in [-0.3, -0.25) is 4.90 Å². The number of carboxylic acid groups (broad SMARTS) is 1. The minimum atomic E-state index is -2.35. The largest absolute Gasteiger partial charge is 0.478 e. The molecule has 0 spiro atoms. The van der Waals surface area contributed by atoms with Crippen LogP contribution >= 0.6 is 0 Å². The van der Waals surface area contributed by atoms with Crippen LogP contribution in [-0.2, 0) is 13.0 Å². The molecule has 1 aliphatic heterocycles. The van der Waals surface area contributed by atoms with Crippen molar-refractivity contribution >= 4 is 5.97 Å². The summed E-state index contributed by atoms with van der Waals surface area (Å²) in [6, 6.07) is 5.03. The smallest absolute Gasteiger partial charge is 0.335 e. The molecule has 0 radical (unpaired) electrons. The number of carbonyl (C=O) groups is 1. The molecule has 17 heavy (non-hydrogen) atoms. The minimum absolute atomic E-state index is 0.253. The second kappa shape index (κ2) is 4.79. The summed E-state index contributed by atoms with van der Waals surface area (Å²) in [4.78, 5) is 12.7. The van der Waals surface area contributed by atoms with Gasteiger partial charge in [-0.1, -0.05) is 12.1 Å². The van der Waals surface area contributed by atoms with Crippen LogP contribution in [0, 0.1) is 0 Å². The van der Waals surface area contributed by atoms with Crippen molar-refractivity contribution < 1.29 is 18.7 Å². The molecule has 0 aliphatic carbocycles. The van der Waals surface area contributed by atoms with Gasteiger partial charge in [0.2, 0.25) is 0 Å². The maximum atomic E-state index is 12.3. The lowest BCUT2D eigenvalue weighted by Gasteiger charge is -2.29. The molecule has 0 amide bonds. The van der Waals surface area contributed by atoms with E-state index in [1.807, 2.05) is 0 Å². The summed E-state index contributed by atoms with van der Waals surface area (Å²) in [5.74, 6) is -0.954. The van der Waals surface area contributed by atoms with Gasteiger partial charge in [-0.25, -0.2) is 13.6 Å². The monoisotopic (exact) mass is 241 g/mol. The van der Waals surface area contributed by atoms with Crippen molar-refractivity contribution in [1.29, 1.82) is 0 Å². The molecule has 0 atom stereocenters. The van der Waals surface area contributed by atoms with E-state index in [0.717, 1.165) is 11.1 Å². The van der Waals surface area contributed by atoms with Crippen LogP contribution in [0.2, 0.25) is 0 Å². The van der Waals surface area contributed by atoms with Gasteiger partial charge in [0.25, 0.3) is 6.43 Å². The molecule has 0 saturated carbocycles. The Balaban J connectivity index is 2.22. The fraction of sp³-hybridized carbons (Fsp3) is 0.417. The number of hydrogen-bond donors (Lipinski definition) is 1. The lowest BCUT2D eigenvalue weighted by molar-refractivity contribution is 0.0687. The molecule has 1 heterocycles. The fourth-order valence-electron chi connectivity index (χ4n) is 2.22. The zero-order valence-corrected chi connectivity index (χ0v) is 9.20. The van der Waals surface area contributed by atoms with E-state index < -0.39 is 12.4 Å². The van der Waals surface area contributed by atoms with Crippen molar-refractivity contribution in [2.75, 3.05) is 13.1 Å². The summed E-state index contributed by atoms with van der Waals surface area (Å²) >= 11 is 0. The second-order valence-electron chi connectivity index (χ2n) is 4.12. The van der Waals surface area contributed by atoms with E-state index in [1.165, 1.54) is 0 Å². The van der Waals surface area contributed by atoms with Crippen LogP contribution in [0.1, 0.15) is 21.5 Å². The Morgan fingerprint density at radius 1 is 1.47 bits per heavy atom. The average Bonchev–Trinajstić information content (AvgIpc) is 2.26. The summed E-state index contributed by atoms with van der Waals surface area (Å²) in [7, 11) is 0. The van der Waals surface area contributed by atoms with Gasteiger partial charge in [0, 0.05) is 13.1 Å². The number of rotatable bonds is 3. The number of benzene rings is 1. The second-order valence-corrected chi connectivity index (χ2v) is 4.12. The molecule has 3 nitrogen and oxygen atoms in total. The van der Waals surface area contributed by atoms with Crippen molar-refractivity contribution in [3.63, 3.8) is 0 Å². The molecule has 0 aromatic heterocycles. The molecule has 2 rings (SSSR count). The van der Waals surface area contributed by atoms with Crippen LogP contribution in [0.3, 0.4) is 0 Å². The summed E-state index contributed by atoms with van der Waals surface area (Å²) in [5.41, 5.74) is 1.92. The van der Waals surface area contributed by atoms with Gasteiger partial charge in [0.05, 0.1) is 12.1 Å². The van der Waals surface area contributed by atoms with E-state index in [2.05, 4.69) is 0 Å². The molecule has 1 N–H and O–H groups in total. The summed E-state index contributed by atoms with van der Waals surface area (Å²) in [6.07, 6.45) is -1.83. The molecular weight excluding hydrogens is 228 g/mol. The van der Waals surface area contributed by atoms with Crippen LogP contribution in [0.25, 0.3) is 0 Å². The molecule has 0 fully saturated rings. The number of hydrogen-bond acceptors (Lipinski definition) is 2. The highest BCUT2D eigenvalue weighted by Gasteiger charge is 2.22. The number of alkyl halides is 2. The van der Waals surface area contributed by atoms with E-state index in [1.54, 1.807) is 23.1 Å². The van der Waals surface area contributed by atoms with Crippen molar-refractivity contribution in [3.8, 4) is 0 Å². The van der Waals surface area contributed by atoms with Crippen LogP contribution < -0.4 is 0 Å². The number of fused-ring (bicyclic) bond motifs is 1. The van der Waals surface area contributed by atoms with Crippen molar-refractivity contribution in [2.45, 2.75) is 19.4 Å². The maximum absolute atomic E-state index is 12.3. The summed E-state index contributed by atoms with van der Waals surface area (Å²) in [6.45, 7) is 0.638. The first-order valence-corrected chi connectivity index (χ1v) is 5.42.